The molecule has 3 aromatic rings. The first-order valence-electron chi connectivity index (χ1n) is 8.44. The number of nitrogens with zero attached hydrogens (tertiary/aromatic N) is 1. The van der Waals surface area contributed by atoms with Gasteiger partial charge in [-0.2, -0.15) is 0 Å². The highest BCUT2D eigenvalue weighted by molar-refractivity contribution is 7.13. The second-order valence-corrected chi connectivity index (χ2v) is 7.07. The molecule has 144 valence electrons. The molecule has 8 heteroatoms. The number of nitrogens with two attached hydrogens (primary N) is 1. The van der Waals surface area contributed by atoms with Crippen LogP contribution in [0.5, 0.6) is 5.75 Å². The normalized spacial score (nSPS) is 11.6. The number of ether oxygens (including phenoxy) is 1. The lowest BCUT2D eigenvalue weighted by Gasteiger charge is -2.15. The number of primary amides is 1. The quantitative estimate of drug-likeness (QED) is 0.638. The molecular formula is C20H18FN3O3S. The number of hydrogen-bond acceptors (Lipinski definition) is 5. The Bertz CT molecular complexity index is 974. The number of benzene rings is 2. The van der Waals surface area contributed by atoms with Gasteiger partial charge in [-0.15, -0.1) is 11.3 Å². The fourth-order valence-corrected chi connectivity index (χ4v) is 3.44. The summed E-state index contributed by atoms with van der Waals surface area (Å²) in [5, 5.41) is 3.24. The van der Waals surface area contributed by atoms with Gasteiger partial charge in [-0.05, 0) is 36.8 Å². The molecule has 0 saturated heterocycles. The van der Waals surface area contributed by atoms with Crippen LogP contribution < -0.4 is 15.8 Å². The summed E-state index contributed by atoms with van der Waals surface area (Å²) < 4.78 is 18.5. The van der Waals surface area contributed by atoms with Gasteiger partial charge in [0.05, 0.1) is 5.69 Å². The third-order valence-electron chi connectivity index (χ3n) is 3.92. The Morgan fingerprint density at radius 3 is 2.50 bits per heavy atom. The first kappa shape index (κ1) is 19.5. The summed E-state index contributed by atoms with van der Waals surface area (Å²) in [5.74, 6) is -0.936. The first-order valence-corrected chi connectivity index (χ1v) is 9.25. The fourth-order valence-electron chi connectivity index (χ4n) is 2.56. The molecule has 3 N–H and O–H groups in total. The van der Waals surface area contributed by atoms with E-state index >= 15 is 0 Å². The van der Waals surface area contributed by atoms with E-state index in [2.05, 4.69) is 10.3 Å². The van der Waals surface area contributed by atoms with Crippen LogP contribution in [0.2, 0.25) is 0 Å². The van der Waals surface area contributed by atoms with Crippen molar-refractivity contribution in [3.8, 4) is 5.75 Å². The Labute approximate surface area is 165 Å². The number of hydrogen-bond donors (Lipinski definition) is 2. The molecule has 1 heterocycles. The molecule has 0 aliphatic carbocycles. The number of aromatic nitrogens is 1. The summed E-state index contributed by atoms with van der Waals surface area (Å²) in [4.78, 5) is 29.1. The SMILES string of the molecule is Cc1nc(COc2ccc(F)cc2)sc1C(=O)NC(C(N)=O)c1ccccc1. The van der Waals surface area contributed by atoms with Crippen molar-refractivity contribution in [1.29, 1.82) is 0 Å². The van der Waals surface area contributed by atoms with Gasteiger partial charge in [0.25, 0.3) is 5.91 Å². The zero-order valence-electron chi connectivity index (χ0n) is 15.0. The number of halogens is 1. The highest BCUT2D eigenvalue weighted by Gasteiger charge is 2.23. The lowest BCUT2D eigenvalue weighted by Crippen LogP contribution is -2.37. The second-order valence-electron chi connectivity index (χ2n) is 5.98. The standard InChI is InChI=1S/C20H18FN3O3S/c1-12-18(20(26)24-17(19(22)25)13-5-3-2-4-6-13)28-16(23-12)11-27-15-9-7-14(21)8-10-15/h2-10,17H,11H2,1H3,(H2,22,25)(H,24,26). The Hall–Kier alpha value is -3.26. The van der Waals surface area contributed by atoms with Crippen LogP contribution in [0, 0.1) is 12.7 Å². The molecule has 0 fully saturated rings. The monoisotopic (exact) mass is 399 g/mol. The van der Waals surface area contributed by atoms with Crippen LogP contribution >= 0.6 is 11.3 Å². The van der Waals surface area contributed by atoms with E-state index < -0.39 is 17.9 Å². The van der Waals surface area contributed by atoms with E-state index in [4.69, 9.17) is 10.5 Å². The third-order valence-corrected chi connectivity index (χ3v) is 5.05. The predicted octanol–water partition coefficient (Wildman–Crippen LogP) is 3.13. The molecule has 0 bridgehead atoms. The van der Waals surface area contributed by atoms with Crippen molar-refractivity contribution in [2.24, 2.45) is 5.73 Å². The van der Waals surface area contributed by atoms with Gasteiger partial charge >= 0.3 is 0 Å². The lowest BCUT2D eigenvalue weighted by atomic mass is 10.1. The summed E-state index contributed by atoms with van der Waals surface area (Å²) in [5.41, 5.74) is 6.58. The molecule has 2 aromatic carbocycles. The van der Waals surface area contributed by atoms with Gasteiger partial charge in [-0.3, -0.25) is 9.59 Å². The van der Waals surface area contributed by atoms with E-state index in [0.29, 0.717) is 26.9 Å². The van der Waals surface area contributed by atoms with Crippen molar-refractivity contribution in [1.82, 2.24) is 10.3 Å². The summed E-state index contributed by atoms with van der Waals surface area (Å²) >= 11 is 1.16. The van der Waals surface area contributed by atoms with Crippen molar-refractivity contribution >= 4 is 23.2 Å². The highest BCUT2D eigenvalue weighted by Crippen LogP contribution is 2.22. The number of rotatable bonds is 7. The molecule has 0 spiro atoms. The number of nitrogens with one attached hydrogen (secondary N) is 1. The minimum atomic E-state index is -0.936. The maximum atomic E-state index is 12.9. The molecule has 0 saturated carbocycles. The van der Waals surface area contributed by atoms with Crippen molar-refractivity contribution in [2.75, 3.05) is 0 Å². The van der Waals surface area contributed by atoms with Crippen LogP contribution in [0.15, 0.2) is 54.6 Å². The van der Waals surface area contributed by atoms with E-state index in [1.54, 1.807) is 31.2 Å². The average molecular weight is 399 g/mol. The molecule has 6 nitrogen and oxygen atoms in total. The summed E-state index contributed by atoms with van der Waals surface area (Å²) in [6, 6.07) is 13.5. The second kappa shape index (κ2) is 8.62. The molecule has 0 radical (unpaired) electrons. The molecule has 0 aliphatic rings. The van der Waals surface area contributed by atoms with E-state index in [0.717, 1.165) is 11.3 Å². The first-order chi connectivity index (χ1) is 13.4. The minimum absolute atomic E-state index is 0.141. The van der Waals surface area contributed by atoms with Crippen LogP contribution in [0.4, 0.5) is 4.39 Å². The van der Waals surface area contributed by atoms with Gasteiger partial charge in [-0.1, -0.05) is 30.3 Å². The van der Waals surface area contributed by atoms with Crippen LogP contribution in [-0.2, 0) is 11.4 Å². The minimum Gasteiger partial charge on any atom is -0.486 e. The molecule has 0 aliphatic heterocycles. The van der Waals surface area contributed by atoms with Gasteiger partial charge in [-0.25, -0.2) is 9.37 Å². The maximum absolute atomic E-state index is 12.9. The van der Waals surface area contributed by atoms with Gasteiger partial charge in [0.1, 0.15) is 34.1 Å². The van der Waals surface area contributed by atoms with Crippen molar-refractivity contribution < 1.29 is 18.7 Å². The maximum Gasteiger partial charge on any atom is 0.264 e. The average Bonchev–Trinajstić information content (AvgIpc) is 3.06. The number of aryl methyl sites for hydroxylation is 1. The van der Waals surface area contributed by atoms with Crippen LogP contribution in [0.3, 0.4) is 0 Å². The van der Waals surface area contributed by atoms with E-state index in [-0.39, 0.29) is 12.4 Å². The molecule has 28 heavy (non-hydrogen) atoms. The number of carbonyl (C=O) groups is 2. The number of amides is 2. The molecule has 1 unspecified atom stereocenters. The Morgan fingerprint density at radius 2 is 1.86 bits per heavy atom. The fraction of sp³-hybridized carbons (Fsp3) is 0.150. The van der Waals surface area contributed by atoms with Crippen LogP contribution in [0.1, 0.15) is 32.0 Å². The third kappa shape index (κ3) is 4.72. The Morgan fingerprint density at radius 1 is 1.18 bits per heavy atom. The van der Waals surface area contributed by atoms with Crippen molar-refractivity contribution in [3.05, 3.63) is 81.6 Å². The largest absolute Gasteiger partial charge is 0.486 e. The van der Waals surface area contributed by atoms with Crippen LogP contribution in [-0.4, -0.2) is 16.8 Å². The zero-order valence-corrected chi connectivity index (χ0v) is 15.8. The highest BCUT2D eigenvalue weighted by atomic mass is 32.1. The Kier molecular flexibility index (Phi) is 6.00. The molecule has 3 rings (SSSR count). The van der Waals surface area contributed by atoms with Gasteiger partial charge in [0.15, 0.2) is 0 Å². The summed E-state index contributed by atoms with van der Waals surface area (Å²) in [6.45, 7) is 1.84. The zero-order chi connectivity index (χ0) is 20.1. The van der Waals surface area contributed by atoms with E-state index in [9.17, 15) is 14.0 Å². The Balaban J connectivity index is 1.70. The topological polar surface area (TPSA) is 94.3 Å². The molecular weight excluding hydrogens is 381 g/mol. The van der Waals surface area contributed by atoms with E-state index in [1.165, 1.54) is 24.3 Å². The van der Waals surface area contributed by atoms with E-state index in [1.807, 2.05) is 6.07 Å². The van der Waals surface area contributed by atoms with Gasteiger partial charge in [0.2, 0.25) is 5.91 Å². The van der Waals surface area contributed by atoms with Crippen molar-refractivity contribution in [2.45, 2.75) is 19.6 Å². The number of thiazole rings is 1. The smallest absolute Gasteiger partial charge is 0.264 e. The molecule has 1 atom stereocenters. The molecule has 2 amide bonds. The number of carbonyl (C=O) groups excluding carboxylic acids is 2. The van der Waals surface area contributed by atoms with Crippen molar-refractivity contribution in [3.63, 3.8) is 0 Å². The summed E-state index contributed by atoms with van der Waals surface area (Å²) in [7, 11) is 0. The lowest BCUT2D eigenvalue weighted by molar-refractivity contribution is -0.120. The van der Waals surface area contributed by atoms with Gasteiger partial charge < -0.3 is 15.8 Å². The van der Waals surface area contributed by atoms with Gasteiger partial charge in [0, 0.05) is 0 Å². The van der Waals surface area contributed by atoms with Crippen LogP contribution in [0.25, 0.3) is 0 Å². The molecule has 1 aromatic heterocycles. The summed E-state index contributed by atoms with van der Waals surface area (Å²) in [6.07, 6.45) is 0. The predicted molar refractivity (Wildman–Crippen MR) is 103 cm³/mol.